The molecule has 0 N–H and O–H groups in total. The molecule has 0 saturated carbocycles. The van der Waals surface area contributed by atoms with Crippen LogP contribution >= 0.6 is 0 Å². The van der Waals surface area contributed by atoms with Gasteiger partial charge < -0.3 is 9.04 Å². The van der Waals surface area contributed by atoms with Gasteiger partial charge in [0.2, 0.25) is 0 Å². The smallest absolute Gasteiger partial charge is 0.100 e. The van der Waals surface area contributed by atoms with Crippen LogP contribution in [0.25, 0.3) is 0 Å². The highest BCUT2D eigenvalue weighted by Crippen LogP contribution is 2.15. The average Bonchev–Trinajstić information content (AvgIpc) is 2.36. The van der Waals surface area contributed by atoms with Gasteiger partial charge >= 0.3 is 0 Å². The van der Waals surface area contributed by atoms with Crippen molar-refractivity contribution in [1.82, 2.24) is 0 Å². The van der Waals surface area contributed by atoms with Gasteiger partial charge in [0.25, 0.3) is 0 Å². The van der Waals surface area contributed by atoms with E-state index in [1.54, 1.807) is 0 Å². The Kier molecular flexibility index (Phi) is 9.66. The topological polar surface area (TPSA) is 57.2 Å². The fourth-order valence-electron chi connectivity index (χ4n) is 2.46. The molecule has 0 atom stereocenters. The Morgan fingerprint density at radius 1 is 0.789 bits per heavy atom. The van der Waals surface area contributed by atoms with E-state index in [0.29, 0.717) is 6.54 Å². The Labute approximate surface area is 119 Å². The third-order valence-corrected chi connectivity index (χ3v) is 4.46. The summed E-state index contributed by atoms with van der Waals surface area (Å²) in [4.78, 5) is 0. The van der Waals surface area contributed by atoms with Crippen molar-refractivity contribution in [2.45, 2.75) is 59.3 Å². The van der Waals surface area contributed by atoms with Gasteiger partial charge in [0.1, 0.15) is 10.1 Å². The monoisotopic (exact) mass is 293 g/mol. The van der Waals surface area contributed by atoms with Gasteiger partial charge in [0.15, 0.2) is 0 Å². The van der Waals surface area contributed by atoms with Gasteiger partial charge in [0, 0.05) is 0 Å². The molecule has 0 radical (unpaired) electrons. The van der Waals surface area contributed by atoms with Crippen LogP contribution in [0.2, 0.25) is 0 Å². The number of nitrogens with zero attached hydrogens (tertiary/aromatic N) is 1. The van der Waals surface area contributed by atoms with Crippen molar-refractivity contribution in [3.8, 4) is 0 Å². The fraction of sp³-hybridized carbons (Fsp3) is 1.00. The van der Waals surface area contributed by atoms with Crippen LogP contribution in [-0.4, -0.2) is 49.4 Å². The molecule has 0 heterocycles. The molecule has 0 aromatic heterocycles. The van der Waals surface area contributed by atoms with Crippen LogP contribution in [0.4, 0.5) is 0 Å². The first-order valence-corrected chi connectivity index (χ1v) is 9.25. The van der Waals surface area contributed by atoms with E-state index in [1.807, 2.05) is 0 Å². The third-order valence-electron chi connectivity index (χ3n) is 3.77. The highest BCUT2D eigenvalue weighted by molar-refractivity contribution is 7.85. The molecular weight excluding hydrogens is 262 g/mol. The van der Waals surface area contributed by atoms with Crippen molar-refractivity contribution in [2.75, 3.05) is 31.9 Å². The molecule has 5 heteroatoms. The van der Waals surface area contributed by atoms with E-state index in [-0.39, 0.29) is 5.75 Å². The quantitative estimate of drug-likeness (QED) is 0.410. The molecule has 4 nitrogen and oxygen atoms in total. The van der Waals surface area contributed by atoms with Crippen molar-refractivity contribution < 1.29 is 17.5 Å². The van der Waals surface area contributed by atoms with Crippen LogP contribution in [0.15, 0.2) is 0 Å². The lowest BCUT2D eigenvalue weighted by Crippen LogP contribution is -2.52. The maximum Gasteiger partial charge on any atom is 0.100 e. The normalized spacial score (nSPS) is 12.8. The molecule has 0 bridgehead atoms. The number of quaternary nitrogens is 1. The van der Waals surface area contributed by atoms with Crippen LogP contribution < -0.4 is 0 Å². The van der Waals surface area contributed by atoms with Crippen molar-refractivity contribution in [2.24, 2.45) is 0 Å². The predicted octanol–water partition coefficient (Wildman–Crippen LogP) is 2.75. The molecule has 116 valence electrons. The molecule has 0 aromatic rings. The Balaban J connectivity index is 4.75. The first kappa shape index (κ1) is 18.9. The molecule has 0 saturated heterocycles. The summed E-state index contributed by atoms with van der Waals surface area (Å²) < 4.78 is 33.6. The van der Waals surface area contributed by atoms with Crippen LogP contribution in [0.1, 0.15) is 59.3 Å². The molecule has 0 aliphatic carbocycles. The van der Waals surface area contributed by atoms with Crippen molar-refractivity contribution in [3.05, 3.63) is 0 Å². The summed E-state index contributed by atoms with van der Waals surface area (Å²) in [5.41, 5.74) is 0. The second-order valence-corrected chi connectivity index (χ2v) is 7.08. The van der Waals surface area contributed by atoms with E-state index in [9.17, 15) is 13.0 Å². The predicted molar refractivity (Wildman–Crippen MR) is 79.0 cm³/mol. The van der Waals surface area contributed by atoms with Gasteiger partial charge in [-0.25, -0.2) is 8.42 Å². The first-order chi connectivity index (χ1) is 8.89. The van der Waals surface area contributed by atoms with Gasteiger partial charge in [-0.15, -0.1) is 0 Å². The summed E-state index contributed by atoms with van der Waals surface area (Å²) in [5.74, 6) is -0.218. The molecule has 0 fully saturated rings. The molecule has 19 heavy (non-hydrogen) atoms. The Morgan fingerprint density at radius 2 is 1.16 bits per heavy atom. The average molecular weight is 293 g/mol. The zero-order valence-corrected chi connectivity index (χ0v) is 13.7. The molecule has 0 rings (SSSR count). The first-order valence-electron chi connectivity index (χ1n) is 7.67. The minimum Gasteiger partial charge on any atom is -0.748 e. The maximum absolute atomic E-state index is 10.9. The Bertz CT molecular complexity index is 293. The maximum atomic E-state index is 10.9. The Hall–Kier alpha value is -0.130. The number of rotatable bonds is 12. The minimum atomic E-state index is -4.10. The summed E-state index contributed by atoms with van der Waals surface area (Å²) in [5, 5.41) is 0. The van der Waals surface area contributed by atoms with E-state index < -0.39 is 10.1 Å². The van der Waals surface area contributed by atoms with Crippen molar-refractivity contribution >= 4 is 10.1 Å². The largest absolute Gasteiger partial charge is 0.748 e. The molecular formula is C14H31NO3S. The van der Waals surface area contributed by atoms with Crippen LogP contribution in [-0.2, 0) is 10.1 Å². The van der Waals surface area contributed by atoms with E-state index in [2.05, 4.69) is 20.8 Å². The lowest BCUT2D eigenvalue weighted by molar-refractivity contribution is -0.926. The second kappa shape index (κ2) is 9.72. The molecule has 0 aliphatic heterocycles. The van der Waals surface area contributed by atoms with Gasteiger partial charge in [-0.05, 0) is 19.3 Å². The van der Waals surface area contributed by atoms with Gasteiger partial charge in [-0.3, -0.25) is 0 Å². The van der Waals surface area contributed by atoms with Crippen molar-refractivity contribution in [3.63, 3.8) is 0 Å². The SMILES string of the molecule is CCCC[N+](CCCC)(CCCC)CCS(=O)(=O)[O-]. The zero-order valence-electron chi connectivity index (χ0n) is 12.9. The van der Waals surface area contributed by atoms with Gasteiger partial charge in [-0.2, -0.15) is 0 Å². The van der Waals surface area contributed by atoms with E-state index in [4.69, 9.17) is 0 Å². The molecule has 0 amide bonds. The standard InChI is InChI=1S/C14H31NO3S/c1-4-7-10-15(11-8-5-2,12-9-6-3)13-14-19(16,17)18/h4-14H2,1-3H3. The van der Waals surface area contributed by atoms with E-state index >= 15 is 0 Å². The fourth-order valence-corrected chi connectivity index (χ4v) is 3.07. The number of unbranched alkanes of at least 4 members (excludes halogenated alkanes) is 3. The summed E-state index contributed by atoms with van der Waals surface area (Å²) in [7, 11) is -4.10. The highest BCUT2D eigenvalue weighted by Gasteiger charge is 2.26. The molecule has 0 spiro atoms. The highest BCUT2D eigenvalue weighted by atomic mass is 32.2. The minimum absolute atomic E-state index is 0.218. The van der Waals surface area contributed by atoms with Gasteiger partial charge in [0.05, 0.1) is 31.9 Å². The molecule has 0 aromatic carbocycles. The third kappa shape index (κ3) is 9.41. The van der Waals surface area contributed by atoms with Crippen LogP contribution in [0.3, 0.4) is 0 Å². The van der Waals surface area contributed by atoms with Gasteiger partial charge in [-0.1, -0.05) is 40.0 Å². The van der Waals surface area contributed by atoms with Crippen molar-refractivity contribution in [1.29, 1.82) is 0 Å². The summed E-state index contributed by atoms with van der Waals surface area (Å²) in [6, 6.07) is 0. The zero-order chi connectivity index (χ0) is 14.8. The molecule has 0 aliphatic rings. The summed E-state index contributed by atoms with van der Waals surface area (Å²) in [6.07, 6.45) is 6.65. The number of hydrogen-bond acceptors (Lipinski definition) is 3. The summed E-state index contributed by atoms with van der Waals surface area (Å²) in [6.45, 7) is 9.96. The second-order valence-electron chi connectivity index (χ2n) is 5.56. The molecule has 0 unspecified atom stereocenters. The van der Waals surface area contributed by atoms with Crippen LogP contribution in [0.5, 0.6) is 0 Å². The van der Waals surface area contributed by atoms with Crippen LogP contribution in [0, 0.1) is 0 Å². The lowest BCUT2D eigenvalue weighted by atomic mass is 10.1. The lowest BCUT2D eigenvalue weighted by Gasteiger charge is -2.39. The van der Waals surface area contributed by atoms with E-state index in [0.717, 1.165) is 62.6 Å². The Morgan fingerprint density at radius 3 is 1.42 bits per heavy atom. The van der Waals surface area contributed by atoms with E-state index in [1.165, 1.54) is 0 Å². The number of hydrogen-bond donors (Lipinski definition) is 0. The summed E-state index contributed by atoms with van der Waals surface area (Å²) >= 11 is 0.